The Morgan fingerprint density at radius 1 is 0.947 bits per heavy atom. The summed E-state index contributed by atoms with van der Waals surface area (Å²) < 4.78 is 44.8. The number of amides is 1. The molecule has 0 fully saturated rings. The summed E-state index contributed by atoms with van der Waals surface area (Å²) in [5.41, 5.74) is 1.40. The third kappa shape index (κ3) is 7.95. The van der Waals surface area contributed by atoms with Crippen LogP contribution in [0.3, 0.4) is 0 Å². The second kappa shape index (κ2) is 13.5. The molecule has 0 saturated carbocycles. The zero-order valence-electron chi connectivity index (χ0n) is 21.2. The van der Waals surface area contributed by atoms with Crippen LogP contribution in [0, 0.1) is 0 Å². The van der Waals surface area contributed by atoms with E-state index in [-0.39, 0.29) is 28.2 Å². The van der Waals surface area contributed by atoms with E-state index in [1.807, 2.05) is 6.07 Å². The van der Waals surface area contributed by atoms with Crippen molar-refractivity contribution in [1.82, 2.24) is 15.4 Å². The average molecular weight is 556 g/mol. The molecule has 0 atom stereocenters. The van der Waals surface area contributed by atoms with Crippen molar-refractivity contribution >= 4 is 39.3 Å². The van der Waals surface area contributed by atoms with E-state index in [0.29, 0.717) is 29.2 Å². The van der Waals surface area contributed by atoms with Crippen LogP contribution < -0.4 is 29.6 Å². The lowest BCUT2D eigenvalue weighted by molar-refractivity contribution is -0.116. The maximum absolute atomic E-state index is 13.0. The van der Waals surface area contributed by atoms with Crippen molar-refractivity contribution < 1.29 is 27.4 Å². The number of carbonyl (C=O) groups excluding carboxylic acids is 1. The normalized spacial score (nSPS) is 11.0. The molecule has 38 heavy (non-hydrogen) atoms. The zero-order chi connectivity index (χ0) is 27.5. The molecule has 0 spiro atoms. The van der Waals surface area contributed by atoms with Gasteiger partial charge in [0.2, 0.25) is 5.91 Å². The number of nitrogens with one attached hydrogen (secondary N) is 3. The van der Waals surface area contributed by atoms with E-state index in [4.69, 9.17) is 26.4 Å². The quantitative estimate of drug-likeness (QED) is 0.243. The predicted octanol–water partition coefficient (Wildman–Crippen LogP) is 3.65. The smallest absolute Gasteiger partial charge is 0.267 e. The number of para-hydroxylation sites is 1. The molecule has 0 bridgehead atoms. The minimum Gasteiger partial charge on any atom is -0.497 e. The average Bonchev–Trinajstić information content (AvgIpc) is 2.92. The zero-order valence-corrected chi connectivity index (χ0v) is 22.8. The van der Waals surface area contributed by atoms with Gasteiger partial charge in [-0.05, 0) is 66.7 Å². The molecule has 0 aliphatic carbocycles. The van der Waals surface area contributed by atoms with Crippen LogP contribution in [-0.4, -0.2) is 47.2 Å². The van der Waals surface area contributed by atoms with Crippen molar-refractivity contribution in [3.63, 3.8) is 0 Å². The third-order valence-electron chi connectivity index (χ3n) is 5.29. The van der Waals surface area contributed by atoms with Crippen LogP contribution in [0.1, 0.15) is 11.1 Å². The van der Waals surface area contributed by atoms with Gasteiger partial charge in [0.05, 0.1) is 14.2 Å². The van der Waals surface area contributed by atoms with Crippen molar-refractivity contribution in [2.24, 2.45) is 0 Å². The summed E-state index contributed by atoms with van der Waals surface area (Å²) in [6.45, 7) is 0.281. The summed E-state index contributed by atoms with van der Waals surface area (Å²) >= 11 is 4.99. The standard InChI is InChI=1S/C27H29N3O6S2/c1-28-27(37)30-38(32,33)25-17-19(9-13-23(25)36-21-7-5-4-6-8-21)15-16-29-26(31)14-11-20-10-12-22(34-2)18-24(20)35-3/h4-14,17-18H,15-16H2,1-3H3,(H,29,31)(H2,28,30,37). The van der Waals surface area contributed by atoms with Crippen LogP contribution in [0.2, 0.25) is 0 Å². The summed E-state index contributed by atoms with van der Waals surface area (Å²) in [6.07, 6.45) is 3.43. The first-order valence-electron chi connectivity index (χ1n) is 11.5. The molecule has 3 aromatic rings. The fraction of sp³-hybridized carbons (Fsp3) is 0.185. The summed E-state index contributed by atoms with van der Waals surface area (Å²) in [6, 6.07) is 19.0. The van der Waals surface area contributed by atoms with Gasteiger partial charge in [-0.15, -0.1) is 0 Å². The van der Waals surface area contributed by atoms with Crippen molar-refractivity contribution in [3.8, 4) is 23.0 Å². The number of hydrogen-bond donors (Lipinski definition) is 3. The number of thiocarbonyl (C=S) groups is 1. The molecule has 3 rings (SSSR count). The van der Waals surface area contributed by atoms with E-state index in [1.165, 1.54) is 19.2 Å². The van der Waals surface area contributed by atoms with E-state index in [2.05, 4.69) is 15.4 Å². The third-order valence-corrected chi connectivity index (χ3v) is 7.10. The molecular weight excluding hydrogens is 526 g/mol. The van der Waals surface area contributed by atoms with Gasteiger partial charge in [0, 0.05) is 31.3 Å². The van der Waals surface area contributed by atoms with Gasteiger partial charge >= 0.3 is 0 Å². The molecule has 200 valence electrons. The lowest BCUT2D eigenvalue weighted by atomic mass is 10.1. The Morgan fingerprint density at radius 3 is 2.39 bits per heavy atom. The largest absolute Gasteiger partial charge is 0.497 e. The van der Waals surface area contributed by atoms with Gasteiger partial charge in [-0.3, -0.25) is 9.52 Å². The second-order valence-electron chi connectivity index (χ2n) is 7.86. The highest BCUT2D eigenvalue weighted by Gasteiger charge is 2.22. The topological polar surface area (TPSA) is 115 Å². The molecular formula is C27H29N3O6S2. The predicted molar refractivity (Wildman–Crippen MR) is 150 cm³/mol. The van der Waals surface area contributed by atoms with Crippen LogP contribution in [0.5, 0.6) is 23.0 Å². The van der Waals surface area contributed by atoms with Gasteiger partial charge in [-0.25, -0.2) is 8.42 Å². The van der Waals surface area contributed by atoms with E-state index in [1.54, 1.807) is 74.9 Å². The Morgan fingerprint density at radius 2 is 1.71 bits per heavy atom. The molecule has 11 heteroatoms. The maximum Gasteiger partial charge on any atom is 0.267 e. The molecule has 0 unspecified atom stereocenters. The Bertz CT molecular complexity index is 1410. The van der Waals surface area contributed by atoms with Crippen molar-refractivity contribution in [2.45, 2.75) is 11.3 Å². The molecule has 9 nitrogen and oxygen atoms in total. The number of methoxy groups -OCH3 is 2. The van der Waals surface area contributed by atoms with Gasteiger partial charge in [0.1, 0.15) is 27.9 Å². The molecule has 0 aromatic heterocycles. The molecule has 3 aromatic carbocycles. The lowest BCUT2D eigenvalue weighted by Crippen LogP contribution is -2.37. The SMILES string of the molecule is CNC(=S)NS(=O)(=O)c1cc(CCNC(=O)C=Cc2ccc(OC)cc2OC)ccc1Oc1ccccc1. The van der Waals surface area contributed by atoms with Crippen molar-refractivity contribution in [1.29, 1.82) is 0 Å². The van der Waals surface area contributed by atoms with Crippen LogP contribution in [0.25, 0.3) is 6.08 Å². The Labute approximate surface area is 227 Å². The summed E-state index contributed by atoms with van der Waals surface area (Å²) in [5.74, 6) is 1.55. The number of ether oxygens (including phenoxy) is 3. The first-order chi connectivity index (χ1) is 18.2. The molecule has 1 amide bonds. The van der Waals surface area contributed by atoms with Crippen molar-refractivity contribution in [2.75, 3.05) is 27.8 Å². The number of hydrogen-bond acceptors (Lipinski definition) is 7. The van der Waals surface area contributed by atoms with Gasteiger partial charge in [0.15, 0.2) is 5.11 Å². The van der Waals surface area contributed by atoms with E-state index >= 15 is 0 Å². The number of rotatable bonds is 11. The van der Waals surface area contributed by atoms with Crippen LogP contribution >= 0.6 is 12.2 Å². The van der Waals surface area contributed by atoms with E-state index < -0.39 is 10.0 Å². The van der Waals surface area contributed by atoms with Crippen LogP contribution in [0.15, 0.2) is 77.7 Å². The minimum absolute atomic E-state index is 0.0476. The monoisotopic (exact) mass is 555 g/mol. The molecule has 0 heterocycles. The van der Waals surface area contributed by atoms with Gasteiger partial charge in [-0.1, -0.05) is 24.3 Å². The number of carbonyl (C=O) groups is 1. The highest BCUT2D eigenvalue weighted by molar-refractivity contribution is 7.92. The van der Waals surface area contributed by atoms with Crippen molar-refractivity contribution in [3.05, 3.63) is 83.9 Å². The summed E-state index contributed by atoms with van der Waals surface area (Å²) in [4.78, 5) is 12.3. The summed E-state index contributed by atoms with van der Waals surface area (Å²) in [5, 5.41) is 5.34. The first-order valence-corrected chi connectivity index (χ1v) is 13.4. The Balaban J connectivity index is 1.71. The second-order valence-corrected chi connectivity index (χ2v) is 9.92. The lowest BCUT2D eigenvalue weighted by Gasteiger charge is -2.15. The fourth-order valence-corrected chi connectivity index (χ4v) is 4.82. The highest BCUT2D eigenvalue weighted by atomic mass is 32.2. The number of benzene rings is 3. The molecule has 3 N–H and O–H groups in total. The molecule has 0 aliphatic rings. The Kier molecular flexibility index (Phi) is 10.1. The molecule has 0 aliphatic heterocycles. The maximum atomic E-state index is 13.0. The van der Waals surface area contributed by atoms with Gasteiger partial charge in [-0.2, -0.15) is 0 Å². The molecule has 0 saturated heterocycles. The Hall–Kier alpha value is -4.09. The first kappa shape index (κ1) is 28.5. The fourth-order valence-electron chi connectivity index (χ4n) is 3.36. The van der Waals surface area contributed by atoms with Gasteiger partial charge < -0.3 is 24.8 Å². The number of sulfonamides is 1. The molecule has 0 radical (unpaired) electrons. The van der Waals surface area contributed by atoms with E-state index in [9.17, 15) is 13.2 Å². The van der Waals surface area contributed by atoms with E-state index in [0.717, 1.165) is 5.56 Å². The van der Waals surface area contributed by atoms with Gasteiger partial charge in [0.25, 0.3) is 10.0 Å². The van der Waals surface area contributed by atoms with Crippen LogP contribution in [-0.2, 0) is 21.2 Å². The van der Waals surface area contributed by atoms with Crippen LogP contribution in [0.4, 0.5) is 0 Å². The minimum atomic E-state index is -4.04. The highest BCUT2D eigenvalue weighted by Crippen LogP contribution is 2.30. The summed E-state index contributed by atoms with van der Waals surface area (Å²) in [7, 11) is 0.587.